The minimum atomic E-state index is 0.700. The summed E-state index contributed by atoms with van der Waals surface area (Å²) in [6.45, 7) is 5.71. The molecular weight excluding hydrogens is 182 g/mol. The summed E-state index contributed by atoms with van der Waals surface area (Å²) >= 11 is 5.91. The molecule has 0 amide bonds. The van der Waals surface area contributed by atoms with Crippen LogP contribution in [0.5, 0.6) is 0 Å². The normalized spacial score (nSPS) is 30.7. The summed E-state index contributed by atoms with van der Waals surface area (Å²) in [5, 5.41) is 3.65. The van der Waals surface area contributed by atoms with Crippen LogP contribution in [0.4, 0.5) is 0 Å². The minimum absolute atomic E-state index is 0.700. The predicted octanol–water partition coefficient (Wildman–Crippen LogP) is 3.03. The number of halogens is 1. The third kappa shape index (κ3) is 3.47. The zero-order valence-corrected chi connectivity index (χ0v) is 9.61. The second-order valence-electron chi connectivity index (χ2n) is 4.37. The first kappa shape index (κ1) is 11.3. The van der Waals surface area contributed by atoms with E-state index in [1.807, 2.05) is 0 Å². The zero-order valence-electron chi connectivity index (χ0n) is 8.85. The number of alkyl halides is 1. The van der Waals surface area contributed by atoms with E-state index < -0.39 is 0 Å². The highest BCUT2D eigenvalue weighted by molar-refractivity contribution is 6.18. The third-order valence-corrected chi connectivity index (χ3v) is 3.68. The molecule has 0 aromatic rings. The van der Waals surface area contributed by atoms with E-state index in [9.17, 15) is 0 Å². The fraction of sp³-hybridized carbons (Fsp3) is 1.00. The van der Waals surface area contributed by atoms with Crippen LogP contribution >= 0.6 is 11.6 Å². The minimum Gasteiger partial charge on any atom is -0.313 e. The molecule has 1 fully saturated rings. The lowest BCUT2D eigenvalue weighted by molar-refractivity contribution is 0.389. The molecular formula is C11H22ClN. The molecule has 0 saturated heterocycles. The van der Waals surface area contributed by atoms with Crippen LogP contribution in [-0.4, -0.2) is 18.5 Å². The van der Waals surface area contributed by atoms with Crippen molar-refractivity contribution in [2.45, 2.75) is 45.6 Å². The lowest BCUT2D eigenvalue weighted by Crippen LogP contribution is -2.35. The van der Waals surface area contributed by atoms with Crippen LogP contribution in [-0.2, 0) is 0 Å². The lowest BCUT2D eigenvalue weighted by atomic mass is 10.0. The van der Waals surface area contributed by atoms with Crippen LogP contribution in [0.3, 0.4) is 0 Å². The van der Waals surface area contributed by atoms with Crippen molar-refractivity contribution < 1.29 is 0 Å². The number of rotatable bonds is 5. The van der Waals surface area contributed by atoms with E-state index in [0.717, 1.165) is 24.3 Å². The first-order valence-electron chi connectivity index (χ1n) is 5.57. The monoisotopic (exact) mass is 203 g/mol. The van der Waals surface area contributed by atoms with Gasteiger partial charge in [-0.1, -0.05) is 26.7 Å². The number of nitrogens with one attached hydrogen (secondary N) is 1. The maximum atomic E-state index is 5.91. The highest BCUT2D eigenvalue weighted by Crippen LogP contribution is 2.26. The van der Waals surface area contributed by atoms with E-state index in [0.29, 0.717) is 6.04 Å². The summed E-state index contributed by atoms with van der Waals surface area (Å²) in [6.07, 6.45) is 5.27. The van der Waals surface area contributed by atoms with Gasteiger partial charge in [-0.3, -0.25) is 0 Å². The van der Waals surface area contributed by atoms with Crippen molar-refractivity contribution >= 4 is 11.6 Å². The molecule has 1 N–H and O–H groups in total. The summed E-state index contributed by atoms with van der Waals surface area (Å²) in [5.41, 5.74) is 0. The number of hydrogen-bond acceptors (Lipinski definition) is 1. The summed E-state index contributed by atoms with van der Waals surface area (Å²) in [7, 11) is 0. The molecule has 3 atom stereocenters. The molecule has 13 heavy (non-hydrogen) atoms. The van der Waals surface area contributed by atoms with Crippen LogP contribution in [0, 0.1) is 11.8 Å². The van der Waals surface area contributed by atoms with E-state index in [1.165, 1.54) is 25.7 Å². The highest BCUT2D eigenvalue weighted by Gasteiger charge is 2.25. The standard InChI is InChI=1S/C11H22ClN/c1-3-9(2)8-13-11-6-4-5-10(11)7-12/h9-11,13H,3-8H2,1-2H3. The zero-order chi connectivity index (χ0) is 9.68. The van der Waals surface area contributed by atoms with Gasteiger partial charge < -0.3 is 5.32 Å². The lowest BCUT2D eigenvalue weighted by Gasteiger charge is -2.20. The van der Waals surface area contributed by atoms with Gasteiger partial charge in [-0.25, -0.2) is 0 Å². The van der Waals surface area contributed by atoms with Gasteiger partial charge in [-0.05, 0) is 31.2 Å². The molecule has 78 valence electrons. The third-order valence-electron chi connectivity index (χ3n) is 3.28. The van der Waals surface area contributed by atoms with Crippen molar-refractivity contribution in [3.63, 3.8) is 0 Å². The summed E-state index contributed by atoms with van der Waals surface area (Å²) in [4.78, 5) is 0. The first-order chi connectivity index (χ1) is 6.27. The maximum absolute atomic E-state index is 5.91. The average Bonchev–Trinajstić information content (AvgIpc) is 2.61. The SMILES string of the molecule is CCC(C)CNC1CCCC1CCl. The van der Waals surface area contributed by atoms with Crippen LogP contribution in [0.2, 0.25) is 0 Å². The molecule has 0 aromatic heterocycles. The summed E-state index contributed by atoms with van der Waals surface area (Å²) in [5.74, 6) is 2.36. The fourth-order valence-corrected chi connectivity index (χ4v) is 2.36. The summed E-state index contributed by atoms with van der Waals surface area (Å²) < 4.78 is 0. The maximum Gasteiger partial charge on any atom is 0.0266 e. The molecule has 1 saturated carbocycles. The molecule has 0 aromatic carbocycles. The highest BCUT2D eigenvalue weighted by atomic mass is 35.5. The Bertz CT molecular complexity index is 138. The predicted molar refractivity (Wildman–Crippen MR) is 59.3 cm³/mol. The molecule has 1 aliphatic rings. The van der Waals surface area contributed by atoms with Crippen LogP contribution in [0.1, 0.15) is 39.5 Å². The Balaban J connectivity index is 2.19. The number of hydrogen-bond donors (Lipinski definition) is 1. The van der Waals surface area contributed by atoms with Gasteiger partial charge in [-0.2, -0.15) is 0 Å². The molecule has 2 heteroatoms. The van der Waals surface area contributed by atoms with Crippen molar-refractivity contribution in [1.82, 2.24) is 5.32 Å². The topological polar surface area (TPSA) is 12.0 Å². The van der Waals surface area contributed by atoms with Gasteiger partial charge in [0.2, 0.25) is 0 Å². The second kappa shape index (κ2) is 5.87. The Morgan fingerprint density at radius 2 is 2.23 bits per heavy atom. The van der Waals surface area contributed by atoms with Gasteiger partial charge in [-0.15, -0.1) is 11.6 Å². The van der Waals surface area contributed by atoms with Gasteiger partial charge in [0, 0.05) is 11.9 Å². The molecule has 1 rings (SSSR count). The molecule has 0 heterocycles. The molecule has 3 unspecified atom stereocenters. The molecule has 0 spiro atoms. The fourth-order valence-electron chi connectivity index (χ4n) is 1.99. The van der Waals surface area contributed by atoms with Crippen molar-refractivity contribution in [3.05, 3.63) is 0 Å². The van der Waals surface area contributed by atoms with E-state index in [1.54, 1.807) is 0 Å². The molecule has 0 aliphatic heterocycles. The Labute approximate surface area is 87.2 Å². The van der Waals surface area contributed by atoms with E-state index in [4.69, 9.17) is 11.6 Å². The molecule has 1 aliphatic carbocycles. The van der Waals surface area contributed by atoms with Gasteiger partial charge in [0.1, 0.15) is 0 Å². The van der Waals surface area contributed by atoms with Crippen LogP contribution in [0.15, 0.2) is 0 Å². The summed E-state index contributed by atoms with van der Waals surface area (Å²) in [6, 6.07) is 0.700. The van der Waals surface area contributed by atoms with E-state index >= 15 is 0 Å². The van der Waals surface area contributed by atoms with Gasteiger partial charge in [0.25, 0.3) is 0 Å². The van der Waals surface area contributed by atoms with E-state index in [2.05, 4.69) is 19.2 Å². The van der Waals surface area contributed by atoms with E-state index in [-0.39, 0.29) is 0 Å². The van der Waals surface area contributed by atoms with Crippen molar-refractivity contribution in [2.75, 3.05) is 12.4 Å². The Morgan fingerprint density at radius 3 is 2.85 bits per heavy atom. The Morgan fingerprint density at radius 1 is 1.46 bits per heavy atom. The second-order valence-corrected chi connectivity index (χ2v) is 4.68. The Hall–Kier alpha value is 0.250. The van der Waals surface area contributed by atoms with Gasteiger partial charge >= 0.3 is 0 Å². The largest absolute Gasteiger partial charge is 0.313 e. The van der Waals surface area contributed by atoms with Gasteiger partial charge in [0.15, 0.2) is 0 Å². The Kier molecular flexibility index (Phi) is 5.12. The van der Waals surface area contributed by atoms with Crippen LogP contribution in [0.25, 0.3) is 0 Å². The van der Waals surface area contributed by atoms with Gasteiger partial charge in [0.05, 0.1) is 0 Å². The van der Waals surface area contributed by atoms with Crippen molar-refractivity contribution in [3.8, 4) is 0 Å². The van der Waals surface area contributed by atoms with Crippen molar-refractivity contribution in [2.24, 2.45) is 11.8 Å². The van der Waals surface area contributed by atoms with Crippen LogP contribution < -0.4 is 5.32 Å². The smallest absolute Gasteiger partial charge is 0.0266 e. The molecule has 0 radical (unpaired) electrons. The first-order valence-corrected chi connectivity index (χ1v) is 6.10. The average molecular weight is 204 g/mol. The molecule has 1 nitrogen and oxygen atoms in total. The quantitative estimate of drug-likeness (QED) is 0.678. The molecule has 0 bridgehead atoms. The van der Waals surface area contributed by atoms with Crippen molar-refractivity contribution in [1.29, 1.82) is 0 Å².